The molecule has 19 heavy (non-hydrogen) atoms. The quantitative estimate of drug-likeness (QED) is 0.800. The van der Waals surface area contributed by atoms with Crippen LogP contribution in [0.3, 0.4) is 0 Å². The van der Waals surface area contributed by atoms with Gasteiger partial charge in [0, 0.05) is 16.2 Å². The molecule has 0 aliphatic heterocycles. The highest BCUT2D eigenvalue weighted by molar-refractivity contribution is 9.10. The smallest absolute Gasteiger partial charge is 0.238 e. The molecule has 1 aromatic rings. The summed E-state index contributed by atoms with van der Waals surface area (Å²) in [6.07, 6.45) is 2.27. The Morgan fingerprint density at radius 3 is 2.58 bits per heavy atom. The van der Waals surface area contributed by atoms with Gasteiger partial charge in [0.1, 0.15) is 0 Å². The Hall–Kier alpha value is -0.870. The van der Waals surface area contributed by atoms with Crippen molar-refractivity contribution in [3.63, 3.8) is 0 Å². The molecule has 2 N–H and O–H groups in total. The molecule has 0 saturated heterocycles. The first kappa shape index (κ1) is 16.2. The van der Waals surface area contributed by atoms with Crippen LogP contribution in [0.25, 0.3) is 0 Å². The third kappa shape index (κ3) is 5.74. The van der Waals surface area contributed by atoms with Gasteiger partial charge in [0.05, 0.1) is 6.54 Å². The third-order valence-electron chi connectivity index (χ3n) is 3.45. The van der Waals surface area contributed by atoms with Gasteiger partial charge < -0.3 is 10.6 Å². The normalized spacial score (nSPS) is 12.5. The molecule has 0 heterocycles. The van der Waals surface area contributed by atoms with Gasteiger partial charge in [0.2, 0.25) is 5.91 Å². The largest absolute Gasteiger partial charge is 0.325 e. The molecule has 106 valence electrons. The molecule has 0 saturated carbocycles. The van der Waals surface area contributed by atoms with Crippen LogP contribution in [0.2, 0.25) is 0 Å². The first-order valence-corrected chi connectivity index (χ1v) is 7.64. The van der Waals surface area contributed by atoms with E-state index >= 15 is 0 Å². The predicted octanol–water partition coefficient (Wildman–Crippen LogP) is 3.80. The second-order valence-electron chi connectivity index (χ2n) is 4.80. The highest BCUT2D eigenvalue weighted by atomic mass is 79.9. The summed E-state index contributed by atoms with van der Waals surface area (Å²) >= 11 is 3.39. The van der Waals surface area contributed by atoms with Crippen LogP contribution in [-0.2, 0) is 4.79 Å². The molecule has 1 unspecified atom stereocenters. The zero-order valence-corrected chi connectivity index (χ0v) is 13.5. The van der Waals surface area contributed by atoms with E-state index in [-0.39, 0.29) is 5.91 Å². The minimum absolute atomic E-state index is 0.00379. The topological polar surface area (TPSA) is 41.1 Å². The van der Waals surface area contributed by atoms with Crippen LogP contribution >= 0.6 is 15.9 Å². The number of rotatable bonds is 7. The SMILES string of the molecule is CCC(CC)C(C)NCC(=O)Nc1cccc(Br)c1. The maximum absolute atomic E-state index is 11.8. The van der Waals surface area contributed by atoms with E-state index in [0.717, 1.165) is 23.0 Å². The number of nitrogens with one attached hydrogen (secondary N) is 2. The Labute approximate surface area is 124 Å². The number of hydrogen-bond acceptors (Lipinski definition) is 2. The van der Waals surface area contributed by atoms with Crippen LogP contribution in [0.4, 0.5) is 5.69 Å². The number of carbonyl (C=O) groups excluding carboxylic acids is 1. The van der Waals surface area contributed by atoms with Crippen LogP contribution in [0, 0.1) is 5.92 Å². The van der Waals surface area contributed by atoms with Crippen molar-refractivity contribution in [3.8, 4) is 0 Å². The van der Waals surface area contributed by atoms with Crippen molar-refractivity contribution in [2.75, 3.05) is 11.9 Å². The Morgan fingerprint density at radius 2 is 2.00 bits per heavy atom. The summed E-state index contributed by atoms with van der Waals surface area (Å²) in [5.41, 5.74) is 0.816. The van der Waals surface area contributed by atoms with E-state index in [0.29, 0.717) is 18.5 Å². The van der Waals surface area contributed by atoms with Crippen molar-refractivity contribution in [2.24, 2.45) is 5.92 Å². The first-order chi connectivity index (χ1) is 9.06. The van der Waals surface area contributed by atoms with Crippen molar-refractivity contribution in [1.82, 2.24) is 5.32 Å². The lowest BCUT2D eigenvalue weighted by Crippen LogP contribution is -2.38. The van der Waals surface area contributed by atoms with Gasteiger partial charge in [0.25, 0.3) is 0 Å². The number of halogens is 1. The van der Waals surface area contributed by atoms with Crippen molar-refractivity contribution in [1.29, 1.82) is 0 Å². The summed E-state index contributed by atoms with van der Waals surface area (Å²) in [6.45, 7) is 6.87. The van der Waals surface area contributed by atoms with Crippen LogP contribution in [0.1, 0.15) is 33.6 Å². The van der Waals surface area contributed by atoms with Gasteiger partial charge in [-0.15, -0.1) is 0 Å². The van der Waals surface area contributed by atoms with Crippen LogP contribution in [-0.4, -0.2) is 18.5 Å². The van der Waals surface area contributed by atoms with Gasteiger partial charge in [-0.05, 0) is 31.0 Å². The Bertz CT molecular complexity index is 405. The first-order valence-electron chi connectivity index (χ1n) is 6.85. The molecule has 0 aliphatic carbocycles. The summed E-state index contributed by atoms with van der Waals surface area (Å²) in [7, 11) is 0. The molecular weight excluding hydrogens is 304 g/mol. The molecule has 0 aromatic heterocycles. The standard InChI is InChI=1S/C15H23BrN2O/c1-4-12(5-2)11(3)17-10-15(19)18-14-8-6-7-13(16)9-14/h6-9,11-12,17H,4-5,10H2,1-3H3,(H,18,19). The van der Waals surface area contributed by atoms with Crippen molar-refractivity contribution in [3.05, 3.63) is 28.7 Å². The number of carbonyl (C=O) groups is 1. The van der Waals surface area contributed by atoms with Gasteiger partial charge >= 0.3 is 0 Å². The van der Waals surface area contributed by atoms with Gasteiger partial charge in [-0.3, -0.25) is 4.79 Å². The third-order valence-corrected chi connectivity index (χ3v) is 3.94. The van der Waals surface area contributed by atoms with Crippen LogP contribution in [0.5, 0.6) is 0 Å². The van der Waals surface area contributed by atoms with E-state index in [9.17, 15) is 4.79 Å². The number of anilines is 1. The molecule has 1 rings (SSSR count). The molecule has 4 heteroatoms. The van der Waals surface area contributed by atoms with E-state index in [1.807, 2.05) is 24.3 Å². The summed E-state index contributed by atoms with van der Waals surface area (Å²) in [5.74, 6) is 0.620. The highest BCUT2D eigenvalue weighted by Crippen LogP contribution is 2.15. The van der Waals surface area contributed by atoms with Crippen LogP contribution < -0.4 is 10.6 Å². The van der Waals surface area contributed by atoms with Gasteiger partial charge in [-0.25, -0.2) is 0 Å². The molecule has 0 aliphatic rings. The average molecular weight is 327 g/mol. The lowest BCUT2D eigenvalue weighted by atomic mass is 9.95. The molecular formula is C15H23BrN2O. The molecule has 1 amide bonds. The summed E-state index contributed by atoms with van der Waals surface area (Å²) in [5, 5.41) is 6.18. The van der Waals surface area contributed by atoms with Gasteiger partial charge in [-0.2, -0.15) is 0 Å². The number of hydrogen-bond donors (Lipinski definition) is 2. The predicted molar refractivity (Wildman–Crippen MR) is 84.3 cm³/mol. The average Bonchev–Trinajstić information content (AvgIpc) is 2.38. The maximum Gasteiger partial charge on any atom is 0.238 e. The molecule has 0 fully saturated rings. The summed E-state index contributed by atoms with van der Waals surface area (Å²) < 4.78 is 0.962. The van der Waals surface area contributed by atoms with Gasteiger partial charge in [0.15, 0.2) is 0 Å². The maximum atomic E-state index is 11.8. The monoisotopic (exact) mass is 326 g/mol. The van der Waals surface area contributed by atoms with E-state index in [1.54, 1.807) is 0 Å². The van der Waals surface area contributed by atoms with E-state index in [2.05, 4.69) is 47.3 Å². The molecule has 3 nitrogen and oxygen atoms in total. The zero-order valence-electron chi connectivity index (χ0n) is 11.9. The minimum atomic E-state index is -0.00379. The summed E-state index contributed by atoms with van der Waals surface area (Å²) in [6, 6.07) is 7.97. The second-order valence-corrected chi connectivity index (χ2v) is 5.72. The Kier molecular flexibility index (Phi) is 7.10. The Balaban J connectivity index is 2.39. The Morgan fingerprint density at radius 1 is 1.32 bits per heavy atom. The fourth-order valence-corrected chi connectivity index (χ4v) is 2.59. The van der Waals surface area contributed by atoms with Crippen molar-refractivity contribution < 1.29 is 4.79 Å². The van der Waals surface area contributed by atoms with Crippen molar-refractivity contribution in [2.45, 2.75) is 39.7 Å². The molecule has 1 aromatic carbocycles. The van der Waals surface area contributed by atoms with Gasteiger partial charge in [-0.1, -0.05) is 48.7 Å². The second kappa shape index (κ2) is 8.33. The number of amides is 1. The lowest BCUT2D eigenvalue weighted by Gasteiger charge is -2.22. The molecule has 0 bridgehead atoms. The highest BCUT2D eigenvalue weighted by Gasteiger charge is 2.13. The van der Waals surface area contributed by atoms with E-state index in [1.165, 1.54) is 0 Å². The van der Waals surface area contributed by atoms with E-state index < -0.39 is 0 Å². The minimum Gasteiger partial charge on any atom is -0.325 e. The molecule has 0 spiro atoms. The fourth-order valence-electron chi connectivity index (χ4n) is 2.19. The molecule has 1 atom stereocenters. The molecule has 0 radical (unpaired) electrons. The van der Waals surface area contributed by atoms with E-state index in [4.69, 9.17) is 0 Å². The fraction of sp³-hybridized carbons (Fsp3) is 0.533. The van der Waals surface area contributed by atoms with Crippen molar-refractivity contribution >= 4 is 27.5 Å². The number of benzene rings is 1. The zero-order chi connectivity index (χ0) is 14.3. The van der Waals surface area contributed by atoms with Crippen LogP contribution in [0.15, 0.2) is 28.7 Å². The lowest BCUT2D eigenvalue weighted by molar-refractivity contribution is -0.115. The summed E-state index contributed by atoms with van der Waals surface area (Å²) in [4.78, 5) is 11.8.